The normalized spacial score (nSPS) is 14.7. The molecule has 22 heavy (non-hydrogen) atoms. The van der Waals surface area contributed by atoms with Crippen LogP contribution >= 0.6 is 0 Å². The second kappa shape index (κ2) is 6.51. The number of carbonyl (C=O) groups excluding carboxylic acids is 2. The number of Topliss-reactive ketones (excluding diaryl/α,β-unsaturated/α-hetero) is 1. The van der Waals surface area contributed by atoms with Gasteiger partial charge in [-0.25, -0.2) is 0 Å². The Kier molecular flexibility index (Phi) is 4.89. The lowest BCUT2D eigenvalue weighted by Gasteiger charge is -2.32. The monoisotopic (exact) mass is 303 g/mol. The third-order valence-corrected chi connectivity index (χ3v) is 3.93. The Morgan fingerprint density at radius 3 is 2.68 bits per heavy atom. The summed E-state index contributed by atoms with van der Waals surface area (Å²) in [5.41, 5.74) is 3.42. The van der Waals surface area contributed by atoms with Gasteiger partial charge in [-0.1, -0.05) is 32.9 Å². The van der Waals surface area contributed by atoms with Crippen LogP contribution in [-0.4, -0.2) is 31.4 Å². The van der Waals surface area contributed by atoms with Gasteiger partial charge in [0.25, 0.3) is 0 Å². The first kappa shape index (κ1) is 16.5. The molecule has 0 saturated carbocycles. The standard InChI is InChI=1S/C18H25NO3/c1-5-22-17(21)8-9-19-12-15(20)11-13-10-14(18(2,3)4)6-7-16(13)19/h6-7,10H,5,8-9,11-12H2,1-4H3. The zero-order valence-electron chi connectivity index (χ0n) is 13.9. The molecule has 1 heterocycles. The molecule has 0 atom stereocenters. The minimum atomic E-state index is -0.214. The Balaban J connectivity index is 2.19. The molecule has 0 aromatic heterocycles. The minimum Gasteiger partial charge on any atom is -0.466 e. The summed E-state index contributed by atoms with van der Waals surface area (Å²) in [5, 5.41) is 0. The molecule has 2 rings (SSSR count). The summed E-state index contributed by atoms with van der Waals surface area (Å²) in [6, 6.07) is 6.32. The topological polar surface area (TPSA) is 46.6 Å². The first-order chi connectivity index (χ1) is 10.3. The predicted molar refractivity (Wildman–Crippen MR) is 87.3 cm³/mol. The molecule has 0 amide bonds. The van der Waals surface area contributed by atoms with E-state index >= 15 is 0 Å². The largest absolute Gasteiger partial charge is 0.466 e. The van der Waals surface area contributed by atoms with Crippen LogP contribution in [0.2, 0.25) is 0 Å². The number of nitrogens with zero attached hydrogens (tertiary/aromatic N) is 1. The SMILES string of the molecule is CCOC(=O)CCN1CC(=O)Cc2cc(C(C)(C)C)ccc21. The number of hydrogen-bond donors (Lipinski definition) is 0. The maximum Gasteiger partial charge on any atom is 0.307 e. The number of anilines is 1. The molecule has 4 nitrogen and oxygen atoms in total. The summed E-state index contributed by atoms with van der Waals surface area (Å²) in [5.74, 6) is -0.0178. The summed E-state index contributed by atoms with van der Waals surface area (Å²) in [7, 11) is 0. The summed E-state index contributed by atoms with van der Waals surface area (Å²) in [6.45, 7) is 9.58. The van der Waals surface area contributed by atoms with Crippen molar-refractivity contribution in [3.63, 3.8) is 0 Å². The fraction of sp³-hybridized carbons (Fsp3) is 0.556. The third-order valence-electron chi connectivity index (χ3n) is 3.93. The van der Waals surface area contributed by atoms with E-state index in [1.807, 2.05) is 4.90 Å². The average Bonchev–Trinajstić information content (AvgIpc) is 2.43. The van der Waals surface area contributed by atoms with Crippen LogP contribution in [0.5, 0.6) is 0 Å². The van der Waals surface area contributed by atoms with Gasteiger partial charge < -0.3 is 9.64 Å². The molecule has 0 N–H and O–H groups in total. The van der Waals surface area contributed by atoms with Crippen molar-refractivity contribution in [2.24, 2.45) is 0 Å². The maximum atomic E-state index is 12.0. The first-order valence-corrected chi connectivity index (χ1v) is 7.87. The van der Waals surface area contributed by atoms with Crippen LogP contribution in [0.15, 0.2) is 18.2 Å². The molecule has 1 aliphatic rings. The van der Waals surface area contributed by atoms with Gasteiger partial charge in [-0.2, -0.15) is 0 Å². The molecular formula is C18H25NO3. The zero-order valence-corrected chi connectivity index (χ0v) is 13.9. The quantitative estimate of drug-likeness (QED) is 0.802. The predicted octanol–water partition coefficient (Wildman–Crippen LogP) is 2.87. The van der Waals surface area contributed by atoms with Crippen LogP contribution in [0, 0.1) is 0 Å². The molecule has 4 heteroatoms. The Hall–Kier alpha value is -1.84. The van der Waals surface area contributed by atoms with Crippen LogP contribution < -0.4 is 4.90 Å². The fourth-order valence-corrected chi connectivity index (χ4v) is 2.73. The van der Waals surface area contributed by atoms with E-state index in [0.29, 0.717) is 32.5 Å². The molecule has 0 unspecified atom stereocenters. The van der Waals surface area contributed by atoms with Crippen LogP contribution in [0.1, 0.15) is 45.2 Å². The van der Waals surface area contributed by atoms with E-state index in [1.165, 1.54) is 5.56 Å². The highest BCUT2D eigenvalue weighted by Gasteiger charge is 2.25. The van der Waals surface area contributed by atoms with Crippen molar-refractivity contribution in [2.75, 3.05) is 24.6 Å². The Bertz CT molecular complexity index is 572. The smallest absolute Gasteiger partial charge is 0.307 e. The fourth-order valence-electron chi connectivity index (χ4n) is 2.73. The summed E-state index contributed by atoms with van der Waals surface area (Å²) in [4.78, 5) is 25.5. The number of benzene rings is 1. The van der Waals surface area contributed by atoms with Crippen LogP contribution in [0.3, 0.4) is 0 Å². The van der Waals surface area contributed by atoms with Crippen molar-refractivity contribution >= 4 is 17.4 Å². The second-order valence-corrected chi connectivity index (χ2v) is 6.79. The first-order valence-electron chi connectivity index (χ1n) is 7.87. The highest BCUT2D eigenvalue weighted by molar-refractivity contribution is 5.90. The summed E-state index contributed by atoms with van der Waals surface area (Å²) < 4.78 is 4.96. The maximum absolute atomic E-state index is 12.0. The minimum absolute atomic E-state index is 0.0608. The van der Waals surface area contributed by atoms with E-state index in [2.05, 4.69) is 39.0 Å². The molecule has 0 saturated heterocycles. The molecule has 120 valence electrons. The molecule has 1 aliphatic heterocycles. The van der Waals surface area contributed by atoms with Gasteiger partial charge in [-0.15, -0.1) is 0 Å². The van der Waals surface area contributed by atoms with Gasteiger partial charge >= 0.3 is 5.97 Å². The van der Waals surface area contributed by atoms with Gasteiger partial charge in [-0.3, -0.25) is 9.59 Å². The lowest BCUT2D eigenvalue weighted by Crippen LogP contribution is -2.37. The van der Waals surface area contributed by atoms with Gasteiger partial charge in [0.1, 0.15) is 0 Å². The van der Waals surface area contributed by atoms with Gasteiger partial charge in [0.15, 0.2) is 5.78 Å². The molecule has 1 aromatic rings. The van der Waals surface area contributed by atoms with Gasteiger partial charge in [0, 0.05) is 18.7 Å². The number of esters is 1. The number of carbonyl (C=O) groups is 2. The number of fused-ring (bicyclic) bond motifs is 1. The molecule has 1 aromatic carbocycles. The van der Waals surface area contributed by atoms with Crippen LogP contribution in [0.25, 0.3) is 0 Å². The Morgan fingerprint density at radius 1 is 1.32 bits per heavy atom. The van der Waals surface area contributed by atoms with E-state index in [9.17, 15) is 9.59 Å². The van der Waals surface area contributed by atoms with E-state index in [0.717, 1.165) is 11.3 Å². The number of ether oxygens (including phenoxy) is 1. The van der Waals surface area contributed by atoms with Crippen molar-refractivity contribution < 1.29 is 14.3 Å². The Labute approximate surface area is 132 Å². The zero-order chi connectivity index (χ0) is 16.3. The van der Waals surface area contributed by atoms with Crippen molar-refractivity contribution in [1.82, 2.24) is 0 Å². The highest BCUT2D eigenvalue weighted by atomic mass is 16.5. The van der Waals surface area contributed by atoms with E-state index in [-0.39, 0.29) is 17.2 Å². The highest BCUT2D eigenvalue weighted by Crippen LogP contribution is 2.31. The summed E-state index contributed by atoms with van der Waals surface area (Å²) in [6.07, 6.45) is 0.788. The lowest BCUT2D eigenvalue weighted by molar-refractivity contribution is -0.142. The second-order valence-electron chi connectivity index (χ2n) is 6.79. The van der Waals surface area contributed by atoms with Crippen molar-refractivity contribution in [3.8, 4) is 0 Å². The summed E-state index contributed by atoms with van der Waals surface area (Å²) >= 11 is 0. The van der Waals surface area contributed by atoms with Crippen molar-refractivity contribution in [1.29, 1.82) is 0 Å². The Morgan fingerprint density at radius 2 is 2.05 bits per heavy atom. The number of ketones is 1. The van der Waals surface area contributed by atoms with Crippen LogP contribution in [-0.2, 0) is 26.2 Å². The average molecular weight is 303 g/mol. The molecule has 0 bridgehead atoms. The lowest BCUT2D eigenvalue weighted by atomic mass is 9.84. The van der Waals surface area contributed by atoms with Crippen LogP contribution in [0.4, 0.5) is 5.69 Å². The number of rotatable bonds is 4. The van der Waals surface area contributed by atoms with Crippen molar-refractivity contribution in [2.45, 2.75) is 46.0 Å². The number of hydrogen-bond acceptors (Lipinski definition) is 4. The van der Waals surface area contributed by atoms with E-state index < -0.39 is 0 Å². The molecule has 0 spiro atoms. The van der Waals surface area contributed by atoms with Gasteiger partial charge in [0.05, 0.1) is 19.6 Å². The van der Waals surface area contributed by atoms with Gasteiger partial charge in [0.2, 0.25) is 0 Å². The van der Waals surface area contributed by atoms with E-state index in [1.54, 1.807) is 6.92 Å². The molecule has 0 radical (unpaired) electrons. The third kappa shape index (κ3) is 3.87. The molecule has 0 fully saturated rings. The van der Waals surface area contributed by atoms with Gasteiger partial charge in [-0.05, 0) is 29.5 Å². The van der Waals surface area contributed by atoms with Crippen molar-refractivity contribution in [3.05, 3.63) is 29.3 Å². The van der Waals surface area contributed by atoms with E-state index in [4.69, 9.17) is 4.74 Å². The molecule has 0 aliphatic carbocycles. The molecular weight excluding hydrogens is 278 g/mol.